The summed E-state index contributed by atoms with van der Waals surface area (Å²) >= 11 is 0. The van der Waals surface area contributed by atoms with Gasteiger partial charge in [0, 0.05) is 18.0 Å². The average molecular weight is 295 g/mol. The van der Waals surface area contributed by atoms with Gasteiger partial charge in [-0.2, -0.15) is 0 Å². The molecule has 0 spiro atoms. The van der Waals surface area contributed by atoms with Crippen molar-refractivity contribution >= 4 is 50.4 Å². The van der Waals surface area contributed by atoms with E-state index < -0.39 is 0 Å². The van der Waals surface area contributed by atoms with Gasteiger partial charge in [0.25, 0.3) is 0 Å². The highest BCUT2D eigenvalue weighted by Gasteiger charge is 2.07. The summed E-state index contributed by atoms with van der Waals surface area (Å²) in [5.74, 6) is 0.176. The minimum atomic E-state index is 0.176. The van der Waals surface area contributed by atoms with Gasteiger partial charge in [-0.25, -0.2) is 0 Å². The number of ketones is 1. The first-order chi connectivity index (χ1) is 11.3. The van der Waals surface area contributed by atoms with Crippen LogP contribution in [0.4, 0.5) is 0 Å². The number of hydrogen-bond donors (Lipinski definition) is 0. The monoisotopic (exact) mass is 295 g/mol. The SMILES string of the molecule is O=C1C=c2cc3ccc4c5cccnc5ccc4c3cc2=CC1. The van der Waals surface area contributed by atoms with Gasteiger partial charge in [0.2, 0.25) is 0 Å². The fraction of sp³-hybridized carbons (Fsp3) is 0.0476. The van der Waals surface area contributed by atoms with Crippen molar-refractivity contribution in [2.24, 2.45) is 0 Å². The predicted octanol–water partition coefficient (Wildman–Crippen LogP) is 3.08. The molecule has 0 N–H and O–H groups in total. The molecule has 0 saturated heterocycles. The topological polar surface area (TPSA) is 30.0 Å². The van der Waals surface area contributed by atoms with E-state index in [1.807, 2.05) is 18.3 Å². The van der Waals surface area contributed by atoms with E-state index in [9.17, 15) is 4.79 Å². The molecule has 5 rings (SSSR count). The lowest BCUT2D eigenvalue weighted by Gasteiger charge is -2.08. The molecule has 0 aliphatic heterocycles. The Morgan fingerprint density at radius 3 is 2.65 bits per heavy atom. The van der Waals surface area contributed by atoms with Crippen LogP contribution in [0.15, 0.2) is 54.7 Å². The van der Waals surface area contributed by atoms with Gasteiger partial charge in [0.05, 0.1) is 5.52 Å². The van der Waals surface area contributed by atoms with E-state index in [-0.39, 0.29) is 5.78 Å². The number of hydrogen-bond acceptors (Lipinski definition) is 2. The van der Waals surface area contributed by atoms with Gasteiger partial charge in [-0.05, 0) is 62.3 Å². The summed E-state index contributed by atoms with van der Waals surface area (Å²) in [7, 11) is 0. The molecule has 2 heteroatoms. The highest BCUT2D eigenvalue weighted by atomic mass is 16.1. The first kappa shape index (κ1) is 12.5. The Hall–Kier alpha value is -3.00. The summed E-state index contributed by atoms with van der Waals surface area (Å²) in [6.45, 7) is 0. The van der Waals surface area contributed by atoms with Gasteiger partial charge in [-0.15, -0.1) is 0 Å². The Kier molecular flexibility index (Phi) is 2.45. The maximum absolute atomic E-state index is 11.6. The normalized spacial score (nSPS) is 13.8. The Labute approximate surface area is 132 Å². The Morgan fingerprint density at radius 1 is 0.826 bits per heavy atom. The van der Waals surface area contributed by atoms with Gasteiger partial charge in [0.15, 0.2) is 5.78 Å². The molecule has 1 aliphatic rings. The van der Waals surface area contributed by atoms with Crippen LogP contribution in [0, 0.1) is 0 Å². The maximum Gasteiger partial charge on any atom is 0.160 e. The Bertz CT molecular complexity index is 1250. The Morgan fingerprint density at radius 2 is 1.70 bits per heavy atom. The van der Waals surface area contributed by atoms with Crippen LogP contribution in [0.25, 0.3) is 44.6 Å². The second-order valence-corrected chi connectivity index (χ2v) is 6.02. The molecule has 1 aromatic heterocycles. The highest BCUT2D eigenvalue weighted by molar-refractivity contribution is 6.17. The van der Waals surface area contributed by atoms with Crippen molar-refractivity contribution in [3.05, 3.63) is 65.2 Å². The molecular weight excluding hydrogens is 282 g/mol. The fourth-order valence-electron chi connectivity index (χ4n) is 3.53. The quantitative estimate of drug-likeness (QED) is 0.467. The van der Waals surface area contributed by atoms with Gasteiger partial charge in [0.1, 0.15) is 0 Å². The predicted molar refractivity (Wildman–Crippen MR) is 94.6 cm³/mol. The molecule has 108 valence electrons. The molecule has 1 heterocycles. The van der Waals surface area contributed by atoms with Crippen LogP contribution in [-0.2, 0) is 4.79 Å². The van der Waals surface area contributed by atoms with E-state index in [1.165, 1.54) is 26.9 Å². The zero-order valence-corrected chi connectivity index (χ0v) is 12.4. The van der Waals surface area contributed by atoms with Crippen molar-refractivity contribution in [3.63, 3.8) is 0 Å². The second-order valence-electron chi connectivity index (χ2n) is 6.02. The van der Waals surface area contributed by atoms with E-state index in [2.05, 4.69) is 47.4 Å². The maximum atomic E-state index is 11.6. The number of benzene rings is 3. The standard InChI is InChI=1S/C21H13NO/c23-16-5-3-13-12-20-14(10-15(13)11-16)4-6-17-18(20)7-8-21-19(17)2-1-9-22-21/h1-4,6-12H,5H2. The van der Waals surface area contributed by atoms with Crippen molar-refractivity contribution in [1.82, 2.24) is 4.98 Å². The Balaban J connectivity index is 1.99. The largest absolute Gasteiger partial charge is 0.294 e. The van der Waals surface area contributed by atoms with Crippen molar-refractivity contribution in [3.8, 4) is 0 Å². The summed E-state index contributed by atoms with van der Waals surface area (Å²) in [4.78, 5) is 16.1. The van der Waals surface area contributed by atoms with Crippen molar-refractivity contribution in [1.29, 1.82) is 0 Å². The average Bonchev–Trinajstić information content (AvgIpc) is 2.59. The molecule has 0 saturated carbocycles. The summed E-state index contributed by atoms with van der Waals surface area (Å²) < 4.78 is 0. The third kappa shape index (κ3) is 1.82. The van der Waals surface area contributed by atoms with E-state index in [4.69, 9.17) is 0 Å². The minimum Gasteiger partial charge on any atom is -0.294 e. The molecular formula is C21H13NO. The molecule has 0 amide bonds. The van der Waals surface area contributed by atoms with Gasteiger partial charge < -0.3 is 0 Å². The van der Waals surface area contributed by atoms with Crippen LogP contribution in [0.1, 0.15) is 6.42 Å². The smallest absolute Gasteiger partial charge is 0.160 e. The van der Waals surface area contributed by atoms with Gasteiger partial charge >= 0.3 is 0 Å². The van der Waals surface area contributed by atoms with Crippen molar-refractivity contribution < 1.29 is 4.79 Å². The molecule has 0 unspecified atom stereocenters. The number of pyridine rings is 1. The zero-order valence-electron chi connectivity index (χ0n) is 12.4. The molecule has 0 fully saturated rings. The molecule has 0 atom stereocenters. The summed E-state index contributed by atoms with van der Waals surface area (Å²) in [6.07, 6.45) is 6.10. The second kappa shape index (κ2) is 4.50. The van der Waals surface area contributed by atoms with E-state index in [0.717, 1.165) is 16.0 Å². The number of nitrogens with zero attached hydrogens (tertiary/aromatic N) is 1. The number of fused-ring (bicyclic) bond motifs is 6. The number of aromatic nitrogens is 1. The van der Waals surface area contributed by atoms with E-state index in [0.29, 0.717) is 6.42 Å². The molecule has 4 aromatic rings. The number of carbonyl (C=O) groups excluding carboxylic acids is 1. The van der Waals surface area contributed by atoms with Gasteiger partial charge in [-0.1, -0.05) is 30.3 Å². The van der Waals surface area contributed by atoms with Crippen LogP contribution in [-0.4, -0.2) is 10.8 Å². The molecule has 2 nitrogen and oxygen atoms in total. The highest BCUT2D eigenvalue weighted by Crippen LogP contribution is 2.29. The fourth-order valence-corrected chi connectivity index (χ4v) is 3.53. The third-order valence-corrected chi connectivity index (χ3v) is 4.64. The lowest BCUT2D eigenvalue weighted by molar-refractivity contribution is -0.112. The van der Waals surface area contributed by atoms with Crippen LogP contribution in [0.5, 0.6) is 0 Å². The minimum absolute atomic E-state index is 0.176. The number of rotatable bonds is 0. The summed E-state index contributed by atoms with van der Waals surface area (Å²) in [5.41, 5.74) is 1.02. The third-order valence-electron chi connectivity index (χ3n) is 4.64. The molecule has 0 radical (unpaired) electrons. The molecule has 0 bridgehead atoms. The molecule has 1 aliphatic carbocycles. The van der Waals surface area contributed by atoms with Gasteiger partial charge in [-0.3, -0.25) is 9.78 Å². The number of carbonyl (C=O) groups is 1. The molecule has 3 aromatic carbocycles. The van der Waals surface area contributed by atoms with Crippen LogP contribution < -0.4 is 10.4 Å². The van der Waals surface area contributed by atoms with E-state index >= 15 is 0 Å². The first-order valence-corrected chi connectivity index (χ1v) is 7.75. The van der Waals surface area contributed by atoms with Crippen molar-refractivity contribution in [2.75, 3.05) is 0 Å². The first-order valence-electron chi connectivity index (χ1n) is 7.75. The van der Waals surface area contributed by atoms with Crippen LogP contribution >= 0.6 is 0 Å². The van der Waals surface area contributed by atoms with E-state index in [1.54, 1.807) is 6.08 Å². The summed E-state index contributed by atoms with van der Waals surface area (Å²) in [6, 6.07) is 16.9. The van der Waals surface area contributed by atoms with Crippen LogP contribution in [0.3, 0.4) is 0 Å². The zero-order chi connectivity index (χ0) is 15.4. The van der Waals surface area contributed by atoms with Crippen molar-refractivity contribution in [2.45, 2.75) is 6.42 Å². The lowest BCUT2D eigenvalue weighted by Crippen LogP contribution is -2.28. The number of Topliss-reactive ketones (excluding diaryl/α,β-unsaturated/α-hetero) is 1. The summed E-state index contributed by atoms with van der Waals surface area (Å²) in [5, 5.41) is 8.20. The molecule has 23 heavy (non-hydrogen) atoms. The lowest BCUT2D eigenvalue weighted by atomic mass is 9.96. The van der Waals surface area contributed by atoms with Crippen LogP contribution in [0.2, 0.25) is 0 Å².